The number of primary sulfonamides is 1. The number of rotatable bonds is 5. The monoisotopic (exact) mass is 286 g/mol. The maximum absolute atomic E-state index is 11.6. The molecule has 0 aromatic heterocycles. The minimum absolute atomic E-state index is 0.0888. The fraction of sp³-hybridized carbons (Fsp3) is 0.417. The van der Waals surface area contributed by atoms with Crippen molar-refractivity contribution < 1.29 is 17.9 Å². The number of amides is 1. The number of carbonyl (C=O) groups is 1. The van der Waals surface area contributed by atoms with Gasteiger partial charge in [0.15, 0.2) is 6.61 Å². The average Bonchev–Trinajstić information content (AvgIpc) is 2.34. The summed E-state index contributed by atoms with van der Waals surface area (Å²) in [5, 5.41) is 5.12. The summed E-state index contributed by atoms with van der Waals surface area (Å²) < 4.78 is 28.1. The standard InChI is InChI=1S/C12H18N2O4S/c1-4-14(3)12(15)8-18-10-6-5-9(2)7-11(10)19(13,16)17/h5-7H,4,8H2,1-3H3,(H2,13,16,17). The number of nitrogens with zero attached hydrogens (tertiary/aromatic N) is 1. The molecule has 19 heavy (non-hydrogen) atoms. The van der Waals surface area contributed by atoms with Gasteiger partial charge in [-0.3, -0.25) is 4.79 Å². The van der Waals surface area contributed by atoms with Crippen LogP contribution in [0.25, 0.3) is 0 Å². The zero-order valence-electron chi connectivity index (χ0n) is 11.2. The van der Waals surface area contributed by atoms with Crippen molar-refractivity contribution in [3.63, 3.8) is 0 Å². The largest absolute Gasteiger partial charge is 0.482 e. The minimum Gasteiger partial charge on any atom is -0.482 e. The second kappa shape index (κ2) is 6.03. The smallest absolute Gasteiger partial charge is 0.260 e. The lowest BCUT2D eigenvalue weighted by Crippen LogP contribution is -2.31. The molecule has 0 fully saturated rings. The maximum atomic E-state index is 11.6. The number of sulfonamides is 1. The van der Waals surface area contributed by atoms with Crippen LogP contribution in [-0.4, -0.2) is 39.4 Å². The van der Waals surface area contributed by atoms with Crippen LogP contribution >= 0.6 is 0 Å². The van der Waals surface area contributed by atoms with Gasteiger partial charge in [0.25, 0.3) is 5.91 Å². The number of nitrogens with two attached hydrogens (primary N) is 1. The van der Waals surface area contributed by atoms with E-state index in [1.807, 2.05) is 6.92 Å². The van der Waals surface area contributed by atoms with Crippen LogP contribution in [-0.2, 0) is 14.8 Å². The predicted octanol–water partition coefficient (Wildman–Crippen LogP) is 0.500. The minimum atomic E-state index is -3.88. The van der Waals surface area contributed by atoms with E-state index in [4.69, 9.17) is 9.88 Å². The first kappa shape index (κ1) is 15.5. The topological polar surface area (TPSA) is 89.7 Å². The van der Waals surface area contributed by atoms with Crippen LogP contribution in [0.3, 0.4) is 0 Å². The van der Waals surface area contributed by atoms with Crippen LogP contribution < -0.4 is 9.88 Å². The second-order valence-electron chi connectivity index (χ2n) is 4.19. The Morgan fingerprint density at radius 2 is 2.05 bits per heavy atom. The quantitative estimate of drug-likeness (QED) is 0.853. The Hall–Kier alpha value is -1.60. The fourth-order valence-corrected chi connectivity index (χ4v) is 2.14. The number of ether oxygens (including phenoxy) is 1. The molecule has 0 aliphatic carbocycles. The Balaban J connectivity index is 2.94. The molecule has 1 amide bonds. The molecule has 1 aromatic carbocycles. The molecule has 6 nitrogen and oxygen atoms in total. The van der Waals surface area contributed by atoms with E-state index in [1.165, 1.54) is 17.0 Å². The number of hydrogen-bond acceptors (Lipinski definition) is 4. The average molecular weight is 286 g/mol. The Kier molecular flexibility index (Phi) is 4.90. The number of hydrogen-bond donors (Lipinski definition) is 1. The summed E-state index contributed by atoms with van der Waals surface area (Å²) in [6.45, 7) is 3.90. The second-order valence-corrected chi connectivity index (χ2v) is 5.72. The van der Waals surface area contributed by atoms with Gasteiger partial charge in [0.1, 0.15) is 10.6 Å². The third kappa shape index (κ3) is 4.22. The summed E-state index contributed by atoms with van der Waals surface area (Å²) in [6.07, 6.45) is 0. The molecule has 0 aliphatic rings. The summed E-state index contributed by atoms with van der Waals surface area (Å²) in [4.78, 5) is 13.0. The molecule has 0 bridgehead atoms. The van der Waals surface area contributed by atoms with E-state index in [9.17, 15) is 13.2 Å². The molecule has 0 radical (unpaired) electrons. The van der Waals surface area contributed by atoms with Crippen LogP contribution in [0.4, 0.5) is 0 Å². The Morgan fingerprint density at radius 3 is 2.58 bits per heavy atom. The van der Waals surface area contributed by atoms with Crippen LogP contribution in [0.5, 0.6) is 5.75 Å². The van der Waals surface area contributed by atoms with Crippen molar-refractivity contribution in [3.05, 3.63) is 23.8 Å². The van der Waals surface area contributed by atoms with Crippen molar-refractivity contribution in [2.75, 3.05) is 20.2 Å². The van der Waals surface area contributed by atoms with Gasteiger partial charge in [0, 0.05) is 13.6 Å². The number of aryl methyl sites for hydroxylation is 1. The van der Waals surface area contributed by atoms with Crippen LogP contribution in [0.15, 0.2) is 23.1 Å². The SMILES string of the molecule is CCN(C)C(=O)COc1ccc(C)cc1S(N)(=O)=O. The molecule has 1 aromatic rings. The highest BCUT2D eigenvalue weighted by molar-refractivity contribution is 7.89. The first-order valence-corrected chi connectivity index (χ1v) is 7.30. The van der Waals surface area contributed by atoms with E-state index in [0.717, 1.165) is 5.56 Å². The maximum Gasteiger partial charge on any atom is 0.260 e. The Bertz CT molecular complexity index is 569. The van der Waals surface area contributed by atoms with Gasteiger partial charge in [0.2, 0.25) is 10.0 Å². The van der Waals surface area contributed by atoms with E-state index in [-0.39, 0.29) is 23.2 Å². The lowest BCUT2D eigenvalue weighted by Gasteiger charge is -2.16. The lowest BCUT2D eigenvalue weighted by molar-refractivity contribution is -0.131. The van der Waals surface area contributed by atoms with Gasteiger partial charge in [-0.15, -0.1) is 0 Å². The molecule has 106 valence electrons. The van der Waals surface area contributed by atoms with E-state index < -0.39 is 10.0 Å². The van der Waals surface area contributed by atoms with E-state index >= 15 is 0 Å². The van der Waals surface area contributed by atoms with E-state index in [0.29, 0.717) is 6.54 Å². The molecule has 0 spiro atoms. The first-order chi connectivity index (χ1) is 8.75. The third-order valence-electron chi connectivity index (χ3n) is 2.66. The van der Waals surface area contributed by atoms with Crippen LogP contribution in [0, 0.1) is 6.92 Å². The zero-order chi connectivity index (χ0) is 14.6. The van der Waals surface area contributed by atoms with Crippen molar-refractivity contribution in [2.45, 2.75) is 18.7 Å². The molecule has 0 saturated heterocycles. The third-order valence-corrected chi connectivity index (χ3v) is 3.59. The van der Waals surface area contributed by atoms with Crippen molar-refractivity contribution in [2.24, 2.45) is 5.14 Å². The molecular weight excluding hydrogens is 268 g/mol. The highest BCUT2D eigenvalue weighted by Gasteiger charge is 2.17. The zero-order valence-corrected chi connectivity index (χ0v) is 12.0. The Morgan fingerprint density at radius 1 is 1.42 bits per heavy atom. The van der Waals surface area contributed by atoms with Gasteiger partial charge in [-0.25, -0.2) is 13.6 Å². The normalized spacial score (nSPS) is 11.2. The van der Waals surface area contributed by atoms with Gasteiger partial charge in [-0.05, 0) is 31.5 Å². The Labute approximate surface area is 113 Å². The van der Waals surface area contributed by atoms with Crippen LogP contribution in [0.1, 0.15) is 12.5 Å². The molecule has 0 atom stereocenters. The van der Waals surface area contributed by atoms with Crippen molar-refractivity contribution in [1.29, 1.82) is 0 Å². The van der Waals surface area contributed by atoms with Gasteiger partial charge < -0.3 is 9.64 Å². The molecular formula is C12H18N2O4S. The molecule has 0 aliphatic heterocycles. The summed E-state index contributed by atoms with van der Waals surface area (Å²) in [5.41, 5.74) is 0.744. The van der Waals surface area contributed by atoms with Crippen LogP contribution in [0.2, 0.25) is 0 Å². The number of carbonyl (C=O) groups excluding carboxylic acids is 1. The first-order valence-electron chi connectivity index (χ1n) is 5.76. The van der Waals surface area contributed by atoms with Crippen molar-refractivity contribution in [1.82, 2.24) is 4.90 Å². The highest BCUT2D eigenvalue weighted by Crippen LogP contribution is 2.23. The molecule has 0 saturated carbocycles. The van der Waals surface area contributed by atoms with Crippen molar-refractivity contribution >= 4 is 15.9 Å². The summed E-state index contributed by atoms with van der Waals surface area (Å²) in [5.74, 6) is -0.144. The molecule has 0 unspecified atom stereocenters. The van der Waals surface area contributed by atoms with Gasteiger partial charge in [-0.1, -0.05) is 6.07 Å². The molecule has 0 heterocycles. The van der Waals surface area contributed by atoms with Crippen molar-refractivity contribution in [3.8, 4) is 5.75 Å². The summed E-state index contributed by atoms with van der Waals surface area (Å²) in [6, 6.07) is 4.60. The fourth-order valence-electron chi connectivity index (χ4n) is 1.38. The molecule has 1 rings (SSSR count). The predicted molar refractivity (Wildman–Crippen MR) is 71.4 cm³/mol. The summed E-state index contributed by atoms with van der Waals surface area (Å²) >= 11 is 0. The lowest BCUT2D eigenvalue weighted by atomic mass is 10.2. The van der Waals surface area contributed by atoms with Gasteiger partial charge in [-0.2, -0.15) is 0 Å². The highest BCUT2D eigenvalue weighted by atomic mass is 32.2. The van der Waals surface area contributed by atoms with Gasteiger partial charge >= 0.3 is 0 Å². The number of benzene rings is 1. The molecule has 2 N–H and O–H groups in total. The van der Waals surface area contributed by atoms with E-state index in [2.05, 4.69) is 0 Å². The van der Waals surface area contributed by atoms with E-state index in [1.54, 1.807) is 20.0 Å². The number of likely N-dealkylation sites (N-methyl/N-ethyl adjacent to an activating group) is 1. The summed E-state index contributed by atoms with van der Waals surface area (Å²) in [7, 11) is -2.24. The molecule has 7 heteroatoms. The van der Waals surface area contributed by atoms with Gasteiger partial charge in [0.05, 0.1) is 0 Å².